The Morgan fingerprint density at radius 2 is 1.30 bits per heavy atom. The number of anilines is 3. The number of carbonyl (C=O) groups excluding carboxylic acids is 3. The highest BCUT2D eigenvalue weighted by Gasteiger charge is 2.31. The second-order valence-electron chi connectivity index (χ2n) is 6.77. The third-order valence-corrected chi connectivity index (χ3v) is 4.63. The van der Waals surface area contributed by atoms with Gasteiger partial charge in [-0.1, -0.05) is 36.4 Å². The van der Waals surface area contributed by atoms with E-state index in [-0.39, 0.29) is 6.03 Å². The van der Waals surface area contributed by atoms with Gasteiger partial charge in [-0.25, -0.2) is 9.59 Å². The molecule has 0 fully saturated rings. The molecular formula is C23H19N3O4. The normalized spacial score (nSPS) is 14.8. The Morgan fingerprint density at radius 3 is 2.00 bits per heavy atom. The Bertz CT molecular complexity index is 1080. The van der Waals surface area contributed by atoms with Crippen LogP contribution in [0.5, 0.6) is 0 Å². The van der Waals surface area contributed by atoms with Crippen molar-refractivity contribution < 1.29 is 19.1 Å². The van der Waals surface area contributed by atoms with Gasteiger partial charge in [-0.05, 0) is 48.0 Å². The number of esters is 1. The van der Waals surface area contributed by atoms with Gasteiger partial charge < -0.3 is 20.7 Å². The number of rotatable bonds is 4. The molecule has 0 saturated heterocycles. The van der Waals surface area contributed by atoms with Crippen LogP contribution in [-0.2, 0) is 16.0 Å². The van der Waals surface area contributed by atoms with E-state index >= 15 is 0 Å². The summed E-state index contributed by atoms with van der Waals surface area (Å²) in [6, 6.07) is 22.5. The molecule has 0 bridgehead atoms. The van der Waals surface area contributed by atoms with Gasteiger partial charge in [0, 0.05) is 23.5 Å². The van der Waals surface area contributed by atoms with Crippen molar-refractivity contribution in [2.75, 3.05) is 16.0 Å². The quantitative estimate of drug-likeness (QED) is 0.575. The average Bonchev–Trinajstić information content (AvgIpc) is 2.76. The fourth-order valence-electron chi connectivity index (χ4n) is 3.15. The minimum Gasteiger partial charge on any atom is -0.448 e. The number of fused-ring (bicyclic) bond motifs is 1. The van der Waals surface area contributed by atoms with Gasteiger partial charge in [-0.3, -0.25) is 4.79 Å². The van der Waals surface area contributed by atoms with Gasteiger partial charge >= 0.3 is 12.0 Å². The molecule has 0 aliphatic carbocycles. The van der Waals surface area contributed by atoms with Crippen LogP contribution >= 0.6 is 0 Å². The minimum atomic E-state index is -0.887. The second-order valence-corrected chi connectivity index (χ2v) is 6.77. The van der Waals surface area contributed by atoms with Crippen molar-refractivity contribution in [3.63, 3.8) is 0 Å². The lowest BCUT2D eigenvalue weighted by atomic mass is 9.98. The molecule has 1 aliphatic rings. The molecule has 7 heteroatoms. The summed E-state index contributed by atoms with van der Waals surface area (Å²) in [5, 5.41) is 8.18. The Hall–Kier alpha value is -4.13. The van der Waals surface area contributed by atoms with E-state index in [1.807, 2.05) is 30.3 Å². The van der Waals surface area contributed by atoms with E-state index in [2.05, 4.69) is 16.0 Å². The standard InChI is InChI=1S/C23H19N3O4/c27-21(20-14-15-6-4-5-9-19(15)22(28)30-20)24-17-10-12-18(13-11-17)26-23(29)25-16-7-2-1-3-8-16/h1-13,20H,14H2,(H,24,27)(H2,25,26,29)/t20-/m1/s1. The summed E-state index contributed by atoms with van der Waals surface area (Å²) < 4.78 is 5.26. The highest BCUT2D eigenvalue weighted by molar-refractivity contribution is 6.01. The fourth-order valence-corrected chi connectivity index (χ4v) is 3.15. The number of nitrogens with one attached hydrogen (secondary N) is 3. The lowest BCUT2D eigenvalue weighted by Crippen LogP contribution is -2.37. The molecule has 150 valence electrons. The molecule has 1 atom stereocenters. The summed E-state index contributed by atoms with van der Waals surface area (Å²) in [5.41, 5.74) is 3.06. The first-order valence-corrected chi connectivity index (χ1v) is 9.41. The molecule has 0 saturated carbocycles. The van der Waals surface area contributed by atoms with Crippen LogP contribution in [0, 0.1) is 0 Å². The largest absolute Gasteiger partial charge is 0.448 e. The highest BCUT2D eigenvalue weighted by atomic mass is 16.5. The van der Waals surface area contributed by atoms with E-state index in [9.17, 15) is 14.4 Å². The Morgan fingerprint density at radius 1 is 0.733 bits per heavy atom. The van der Waals surface area contributed by atoms with Crippen LogP contribution < -0.4 is 16.0 Å². The maximum absolute atomic E-state index is 12.5. The van der Waals surface area contributed by atoms with Crippen LogP contribution in [0.15, 0.2) is 78.9 Å². The minimum absolute atomic E-state index is 0.326. The predicted molar refractivity (Wildman–Crippen MR) is 114 cm³/mol. The predicted octanol–water partition coefficient (Wildman–Crippen LogP) is 4.05. The van der Waals surface area contributed by atoms with Crippen molar-refractivity contribution in [1.82, 2.24) is 0 Å². The van der Waals surface area contributed by atoms with Crippen molar-refractivity contribution in [2.45, 2.75) is 12.5 Å². The van der Waals surface area contributed by atoms with Gasteiger partial charge in [0.15, 0.2) is 6.10 Å². The monoisotopic (exact) mass is 401 g/mol. The molecule has 3 aromatic rings. The van der Waals surface area contributed by atoms with Crippen LogP contribution in [0.25, 0.3) is 0 Å². The first kappa shape index (κ1) is 19.2. The molecule has 1 heterocycles. The van der Waals surface area contributed by atoms with Crippen LogP contribution in [0.3, 0.4) is 0 Å². The number of hydrogen-bond acceptors (Lipinski definition) is 4. The Kier molecular flexibility index (Phi) is 5.43. The number of benzene rings is 3. The third kappa shape index (κ3) is 4.47. The van der Waals surface area contributed by atoms with E-state index in [0.29, 0.717) is 29.0 Å². The number of cyclic esters (lactones) is 1. The lowest BCUT2D eigenvalue weighted by Gasteiger charge is -2.23. The van der Waals surface area contributed by atoms with Gasteiger partial charge in [0.1, 0.15) is 0 Å². The SMILES string of the molecule is O=C(Nc1ccccc1)Nc1ccc(NC(=O)[C@H]2Cc3ccccc3C(=O)O2)cc1. The Labute approximate surface area is 173 Å². The summed E-state index contributed by atoms with van der Waals surface area (Å²) in [4.78, 5) is 36.6. The molecule has 4 rings (SSSR count). The fraction of sp³-hybridized carbons (Fsp3) is 0.0870. The average molecular weight is 401 g/mol. The summed E-state index contributed by atoms with van der Waals surface area (Å²) in [6.07, 6.45) is -0.561. The zero-order valence-corrected chi connectivity index (χ0v) is 15.9. The first-order chi connectivity index (χ1) is 14.6. The molecule has 3 N–H and O–H groups in total. The lowest BCUT2D eigenvalue weighted by molar-refractivity contribution is -0.125. The molecule has 30 heavy (non-hydrogen) atoms. The van der Waals surface area contributed by atoms with Gasteiger partial charge in [0.05, 0.1) is 5.56 Å². The van der Waals surface area contributed by atoms with Crippen molar-refractivity contribution in [2.24, 2.45) is 0 Å². The molecular weight excluding hydrogens is 382 g/mol. The van der Waals surface area contributed by atoms with Crippen molar-refractivity contribution in [3.05, 3.63) is 90.0 Å². The van der Waals surface area contributed by atoms with Gasteiger partial charge in [0.2, 0.25) is 0 Å². The molecule has 7 nitrogen and oxygen atoms in total. The van der Waals surface area contributed by atoms with E-state index in [1.165, 1.54) is 0 Å². The molecule has 0 aromatic heterocycles. The van der Waals surface area contributed by atoms with Gasteiger partial charge in [-0.2, -0.15) is 0 Å². The number of para-hydroxylation sites is 1. The number of urea groups is 1. The molecule has 0 radical (unpaired) electrons. The first-order valence-electron chi connectivity index (χ1n) is 9.41. The van der Waals surface area contributed by atoms with Crippen LogP contribution in [0.1, 0.15) is 15.9 Å². The topological polar surface area (TPSA) is 96.5 Å². The zero-order valence-electron chi connectivity index (χ0n) is 15.9. The molecule has 0 unspecified atom stereocenters. The summed E-state index contributed by atoms with van der Waals surface area (Å²) in [6.45, 7) is 0. The number of carbonyl (C=O) groups is 3. The maximum atomic E-state index is 12.5. The van der Waals surface area contributed by atoms with Crippen molar-refractivity contribution in [1.29, 1.82) is 0 Å². The van der Waals surface area contributed by atoms with Crippen molar-refractivity contribution >= 4 is 35.0 Å². The molecule has 1 aliphatic heterocycles. The number of amides is 3. The van der Waals surface area contributed by atoms with E-state index in [0.717, 1.165) is 5.56 Å². The Balaban J connectivity index is 1.34. The smallest absolute Gasteiger partial charge is 0.339 e. The third-order valence-electron chi connectivity index (χ3n) is 4.63. The van der Waals surface area contributed by atoms with E-state index < -0.39 is 18.0 Å². The van der Waals surface area contributed by atoms with Crippen molar-refractivity contribution in [3.8, 4) is 0 Å². The summed E-state index contributed by atoms with van der Waals surface area (Å²) in [5.74, 6) is -0.902. The van der Waals surface area contributed by atoms with Crippen LogP contribution in [-0.4, -0.2) is 24.0 Å². The van der Waals surface area contributed by atoms with Crippen LogP contribution in [0.4, 0.5) is 21.9 Å². The molecule has 3 aromatic carbocycles. The molecule has 0 spiro atoms. The second kappa shape index (κ2) is 8.48. The molecule has 3 amide bonds. The van der Waals surface area contributed by atoms with Gasteiger partial charge in [-0.15, -0.1) is 0 Å². The van der Waals surface area contributed by atoms with E-state index in [1.54, 1.807) is 48.5 Å². The zero-order chi connectivity index (χ0) is 20.9. The van der Waals surface area contributed by atoms with Crippen LogP contribution in [0.2, 0.25) is 0 Å². The summed E-state index contributed by atoms with van der Waals surface area (Å²) >= 11 is 0. The number of hydrogen-bond donors (Lipinski definition) is 3. The highest BCUT2D eigenvalue weighted by Crippen LogP contribution is 2.22. The summed E-state index contributed by atoms with van der Waals surface area (Å²) in [7, 11) is 0. The van der Waals surface area contributed by atoms with E-state index in [4.69, 9.17) is 4.74 Å². The number of ether oxygens (including phenoxy) is 1. The van der Waals surface area contributed by atoms with Gasteiger partial charge in [0.25, 0.3) is 5.91 Å². The maximum Gasteiger partial charge on any atom is 0.339 e.